The van der Waals surface area contributed by atoms with E-state index in [-0.39, 0.29) is 18.1 Å². The van der Waals surface area contributed by atoms with Crippen molar-refractivity contribution in [3.05, 3.63) is 53.6 Å². The molecule has 0 saturated heterocycles. The lowest BCUT2D eigenvalue weighted by Gasteiger charge is -2.16. The van der Waals surface area contributed by atoms with E-state index in [4.69, 9.17) is 4.74 Å². The summed E-state index contributed by atoms with van der Waals surface area (Å²) < 4.78 is 44.3. The Balaban J connectivity index is 2.43. The number of rotatable bonds is 5. The molecule has 0 unspecified atom stereocenters. The summed E-state index contributed by atoms with van der Waals surface area (Å²) in [6.45, 7) is 1.97. The lowest BCUT2D eigenvalue weighted by atomic mass is 10.1. The van der Waals surface area contributed by atoms with Crippen molar-refractivity contribution in [1.82, 2.24) is 4.98 Å². The first-order valence-electron chi connectivity index (χ1n) is 7.92. The minimum absolute atomic E-state index is 0.204. The molecule has 1 aromatic carbocycles. The zero-order chi connectivity index (χ0) is 19.3. The number of benzene rings is 1. The summed E-state index contributed by atoms with van der Waals surface area (Å²) in [5, 5.41) is 0. The van der Waals surface area contributed by atoms with E-state index in [9.17, 15) is 18.0 Å². The Morgan fingerprint density at radius 3 is 2.58 bits per heavy atom. The van der Waals surface area contributed by atoms with Gasteiger partial charge in [-0.25, -0.2) is 9.78 Å². The number of carbonyl (C=O) groups excluding carboxylic acids is 1. The highest BCUT2D eigenvalue weighted by molar-refractivity contribution is 5.87. The molecule has 0 atom stereocenters. The number of aromatic nitrogens is 1. The number of pyridine rings is 1. The number of anilines is 1. The molecule has 0 N–H and O–H groups in total. The Labute approximate surface area is 149 Å². The summed E-state index contributed by atoms with van der Waals surface area (Å²) in [6.07, 6.45) is -1.65. The van der Waals surface area contributed by atoms with Gasteiger partial charge in [0.05, 0.1) is 17.9 Å². The minimum Gasteiger partial charge on any atom is -0.463 e. The van der Waals surface area contributed by atoms with Crippen molar-refractivity contribution in [2.45, 2.75) is 13.1 Å². The van der Waals surface area contributed by atoms with Crippen molar-refractivity contribution in [3.8, 4) is 11.3 Å². The molecule has 0 aliphatic heterocycles. The molecular formula is C19H19F3N2O2. The number of hydrogen-bond acceptors (Lipinski definition) is 4. The van der Waals surface area contributed by atoms with E-state index in [0.29, 0.717) is 11.1 Å². The van der Waals surface area contributed by atoms with Gasteiger partial charge in [0.25, 0.3) is 0 Å². The Kier molecular flexibility index (Phi) is 6.02. The van der Waals surface area contributed by atoms with Crippen molar-refractivity contribution >= 4 is 17.9 Å². The van der Waals surface area contributed by atoms with Gasteiger partial charge in [-0.05, 0) is 36.8 Å². The molecule has 0 fully saturated rings. The maximum absolute atomic E-state index is 13.2. The SMILES string of the molecule is CCOC(=O)/C=C/c1cccc(-c2cc(C(F)(F)F)cc(N(C)C)n2)c1. The fourth-order valence-corrected chi connectivity index (χ4v) is 2.21. The molecule has 0 amide bonds. The molecule has 2 aromatic rings. The van der Waals surface area contributed by atoms with E-state index < -0.39 is 17.7 Å². The molecule has 138 valence electrons. The number of carbonyl (C=O) groups is 1. The predicted octanol–water partition coefficient (Wildman–Crippen LogP) is 4.41. The average Bonchev–Trinajstić information content (AvgIpc) is 2.59. The molecule has 1 heterocycles. The second kappa shape index (κ2) is 8.03. The molecule has 2 rings (SSSR count). The zero-order valence-electron chi connectivity index (χ0n) is 14.7. The largest absolute Gasteiger partial charge is 0.463 e. The van der Waals surface area contributed by atoms with Gasteiger partial charge in [0.2, 0.25) is 0 Å². The number of halogens is 3. The van der Waals surface area contributed by atoms with Crippen molar-refractivity contribution in [3.63, 3.8) is 0 Å². The summed E-state index contributed by atoms with van der Waals surface area (Å²) in [6, 6.07) is 8.79. The fraction of sp³-hybridized carbons (Fsp3) is 0.263. The van der Waals surface area contributed by atoms with Gasteiger partial charge in [-0.15, -0.1) is 0 Å². The van der Waals surface area contributed by atoms with Crippen LogP contribution in [0, 0.1) is 0 Å². The zero-order valence-corrected chi connectivity index (χ0v) is 14.7. The van der Waals surface area contributed by atoms with Crippen molar-refractivity contribution in [2.75, 3.05) is 25.6 Å². The van der Waals surface area contributed by atoms with E-state index in [1.54, 1.807) is 51.4 Å². The van der Waals surface area contributed by atoms with Gasteiger partial charge in [-0.3, -0.25) is 0 Å². The highest BCUT2D eigenvalue weighted by Gasteiger charge is 2.32. The average molecular weight is 364 g/mol. The van der Waals surface area contributed by atoms with Crippen LogP contribution in [0.4, 0.5) is 19.0 Å². The molecule has 4 nitrogen and oxygen atoms in total. The second-order valence-electron chi connectivity index (χ2n) is 5.70. The first-order valence-corrected chi connectivity index (χ1v) is 7.92. The summed E-state index contributed by atoms with van der Waals surface area (Å²) in [4.78, 5) is 17.2. The van der Waals surface area contributed by atoms with Gasteiger partial charge in [0.15, 0.2) is 0 Å². The third-order valence-corrected chi connectivity index (χ3v) is 3.48. The van der Waals surface area contributed by atoms with Gasteiger partial charge >= 0.3 is 12.1 Å². The molecule has 1 aromatic heterocycles. The summed E-state index contributed by atoms with van der Waals surface area (Å²) in [7, 11) is 3.26. The highest BCUT2D eigenvalue weighted by atomic mass is 19.4. The predicted molar refractivity (Wildman–Crippen MR) is 94.7 cm³/mol. The first kappa shape index (κ1) is 19.5. The van der Waals surface area contributed by atoms with E-state index in [1.165, 1.54) is 11.0 Å². The first-order chi connectivity index (χ1) is 12.2. The molecule has 0 aliphatic carbocycles. The quantitative estimate of drug-likeness (QED) is 0.582. The minimum atomic E-state index is -4.47. The van der Waals surface area contributed by atoms with Crippen LogP contribution in [0.1, 0.15) is 18.1 Å². The summed E-state index contributed by atoms with van der Waals surface area (Å²) in [5.41, 5.74) is 0.611. The molecule has 0 aliphatic rings. The van der Waals surface area contributed by atoms with Gasteiger partial charge in [-0.2, -0.15) is 13.2 Å². The normalized spacial score (nSPS) is 11.6. The monoisotopic (exact) mass is 364 g/mol. The van der Waals surface area contributed by atoms with Crippen LogP contribution in [-0.4, -0.2) is 31.7 Å². The number of esters is 1. The van der Waals surface area contributed by atoms with Crippen LogP contribution in [0.25, 0.3) is 17.3 Å². The van der Waals surface area contributed by atoms with Crippen LogP contribution < -0.4 is 4.90 Å². The van der Waals surface area contributed by atoms with Crippen LogP contribution in [0.2, 0.25) is 0 Å². The number of hydrogen-bond donors (Lipinski definition) is 0. The third-order valence-electron chi connectivity index (χ3n) is 3.48. The number of alkyl halides is 3. The lowest BCUT2D eigenvalue weighted by Crippen LogP contribution is -2.14. The topological polar surface area (TPSA) is 42.4 Å². The van der Waals surface area contributed by atoms with E-state index in [0.717, 1.165) is 12.1 Å². The van der Waals surface area contributed by atoms with Crippen molar-refractivity contribution in [2.24, 2.45) is 0 Å². The Morgan fingerprint density at radius 1 is 1.23 bits per heavy atom. The smallest absolute Gasteiger partial charge is 0.416 e. The molecule has 26 heavy (non-hydrogen) atoms. The summed E-state index contributed by atoms with van der Waals surface area (Å²) >= 11 is 0. The van der Waals surface area contributed by atoms with E-state index in [1.807, 2.05) is 0 Å². The van der Waals surface area contributed by atoms with Crippen molar-refractivity contribution in [1.29, 1.82) is 0 Å². The van der Waals surface area contributed by atoms with E-state index >= 15 is 0 Å². The van der Waals surface area contributed by atoms with Gasteiger partial charge in [0.1, 0.15) is 5.82 Å². The molecule has 0 bridgehead atoms. The van der Waals surface area contributed by atoms with Crippen LogP contribution in [0.3, 0.4) is 0 Å². The molecule has 0 radical (unpaired) electrons. The van der Waals surface area contributed by atoms with Gasteiger partial charge < -0.3 is 9.64 Å². The van der Waals surface area contributed by atoms with Crippen molar-refractivity contribution < 1.29 is 22.7 Å². The van der Waals surface area contributed by atoms with Crippen LogP contribution in [0.5, 0.6) is 0 Å². The molecular weight excluding hydrogens is 345 g/mol. The lowest BCUT2D eigenvalue weighted by molar-refractivity contribution is -0.138. The Bertz CT molecular complexity index is 815. The standard InChI is InChI=1S/C19H19F3N2O2/c1-4-26-18(25)9-8-13-6-5-7-14(10-13)16-11-15(19(20,21)22)12-17(23-16)24(2)3/h5-12H,4H2,1-3H3/b9-8+. The molecule has 0 saturated carbocycles. The van der Waals surface area contributed by atoms with Crippen LogP contribution in [-0.2, 0) is 15.7 Å². The number of nitrogens with zero attached hydrogens (tertiary/aromatic N) is 2. The maximum Gasteiger partial charge on any atom is 0.416 e. The van der Waals surface area contributed by atoms with Gasteiger partial charge in [-0.1, -0.05) is 18.2 Å². The second-order valence-corrected chi connectivity index (χ2v) is 5.70. The Morgan fingerprint density at radius 2 is 1.96 bits per heavy atom. The third kappa shape index (κ3) is 5.08. The highest BCUT2D eigenvalue weighted by Crippen LogP contribution is 2.34. The fourth-order valence-electron chi connectivity index (χ4n) is 2.21. The number of ether oxygens (including phenoxy) is 1. The van der Waals surface area contributed by atoms with Crippen LogP contribution >= 0.6 is 0 Å². The summed E-state index contributed by atoms with van der Waals surface area (Å²) in [5.74, 6) is -0.271. The van der Waals surface area contributed by atoms with E-state index in [2.05, 4.69) is 4.98 Å². The molecule has 0 spiro atoms. The van der Waals surface area contributed by atoms with Crippen LogP contribution in [0.15, 0.2) is 42.5 Å². The van der Waals surface area contributed by atoms with Gasteiger partial charge in [0, 0.05) is 25.7 Å². The Hall–Kier alpha value is -2.83. The maximum atomic E-state index is 13.2. The molecule has 7 heteroatoms.